The molecule has 31 heavy (non-hydrogen) atoms. The summed E-state index contributed by atoms with van der Waals surface area (Å²) in [6.45, 7) is 1.52. The van der Waals surface area contributed by atoms with Gasteiger partial charge in [-0.3, -0.25) is 20.5 Å². The van der Waals surface area contributed by atoms with E-state index in [0.717, 1.165) is 48.2 Å². The number of aromatic amines is 1. The molecule has 0 bridgehead atoms. The number of hydrogen-bond acceptors (Lipinski definition) is 6. The van der Waals surface area contributed by atoms with E-state index in [1.54, 1.807) is 0 Å². The monoisotopic (exact) mass is 458 g/mol. The third kappa shape index (κ3) is 3.99. The number of nitrogens with zero attached hydrogens (tertiary/aromatic N) is 4. The number of ether oxygens (including phenoxy) is 2. The number of aromatic nitrogens is 5. The first kappa shape index (κ1) is 20.3. The number of nitrogens with two attached hydrogens (primary N) is 1. The third-order valence-corrected chi connectivity index (χ3v) is 6.01. The Labute approximate surface area is 188 Å². The normalized spacial score (nSPS) is 16.0. The van der Waals surface area contributed by atoms with Crippen LogP contribution >= 0.6 is 23.2 Å². The van der Waals surface area contributed by atoms with E-state index in [2.05, 4.69) is 20.3 Å². The van der Waals surface area contributed by atoms with Gasteiger partial charge in [-0.25, -0.2) is 0 Å². The number of H-pyrrole nitrogens is 1. The molecule has 3 aromatic heterocycles. The zero-order valence-electron chi connectivity index (χ0n) is 16.5. The molecule has 5 rings (SSSR count). The van der Waals surface area contributed by atoms with Gasteiger partial charge in [0.1, 0.15) is 11.4 Å². The zero-order chi connectivity index (χ0) is 21.4. The van der Waals surface area contributed by atoms with Crippen LogP contribution in [0.4, 0.5) is 0 Å². The zero-order valence-corrected chi connectivity index (χ0v) is 18.0. The summed E-state index contributed by atoms with van der Waals surface area (Å²) in [4.78, 5) is 3.95. The number of pyridine rings is 1. The molecule has 1 aliphatic rings. The summed E-state index contributed by atoms with van der Waals surface area (Å²) in [6, 6.07) is 5.95. The van der Waals surface area contributed by atoms with Gasteiger partial charge in [-0.15, -0.1) is 0 Å². The van der Waals surface area contributed by atoms with E-state index in [-0.39, 0.29) is 0 Å². The van der Waals surface area contributed by atoms with Crippen molar-refractivity contribution in [2.24, 2.45) is 5.73 Å². The number of hydrogen-bond donors (Lipinski definition) is 2. The van der Waals surface area contributed by atoms with Crippen molar-refractivity contribution in [2.45, 2.75) is 25.1 Å². The van der Waals surface area contributed by atoms with Crippen molar-refractivity contribution in [3.05, 3.63) is 58.6 Å². The standard InChI is InChI=1S/C21H20Cl2N6O2/c22-16-9-25-10-17(23)19(16)21(24)31-14-1-2-18-15(7-14)20(28-27-18)12-8-26-29(11-12)13-3-5-30-6-4-13/h1-2,7-11,13,21H,3-6,24H2,(H,27,28)/t21-/m0/s1. The smallest absolute Gasteiger partial charge is 0.177 e. The molecule has 0 spiro atoms. The maximum absolute atomic E-state index is 6.22. The van der Waals surface area contributed by atoms with Crippen molar-refractivity contribution >= 4 is 34.1 Å². The van der Waals surface area contributed by atoms with E-state index in [0.29, 0.717) is 27.4 Å². The summed E-state index contributed by atoms with van der Waals surface area (Å²) < 4.78 is 13.4. The number of benzene rings is 1. The van der Waals surface area contributed by atoms with E-state index in [4.69, 9.17) is 38.4 Å². The third-order valence-electron chi connectivity index (χ3n) is 5.41. The highest BCUT2D eigenvalue weighted by Crippen LogP contribution is 2.33. The first-order chi connectivity index (χ1) is 15.1. The van der Waals surface area contributed by atoms with Crippen LogP contribution in [-0.2, 0) is 4.74 Å². The molecule has 4 heterocycles. The lowest BCUT2D eigenvalue weighted by molar-refractivity contribution is 0.0662. The maximum atomic E-state index is 6.22. The maximum Gasteiger partial charge on any atom is 0.177 e. The molecule has 0 amide bonds. The van der Waals surface area contributed by atoms with Gasteiger partial charge in [0.15, 0.2) is 6.23 Å². The van der Waals surface area contributed by atoms with Gasteiger partial charge in [-0.2, -0.15) is 10.2 Å². The van der Waals surface area contributed by atoms with E-state index in [9.17, 15) is 0 Å². The fourth-order valence-electron chi connectivity index (χ4n) is 3.79. The van der Waals surface area contributed by atoms with Crippen LogP contribution in [-0.4, -0.2) is 38.2 Å². The summed E-state index contributed by atoms with van der Waals surface area (Å²) in [5.74, 6) is 0.573. The number of nitrogens with one attached hydrogen (secondary N) is 1. The highest BCUT2D eigenvalue weighted by atomic mass is 35.5. The average molecular weight is 459 g/mol. The minimum Gasteiger partial charge on any atom is -0.471 e. The summed E-state index contributed by atoms with van der Waals surface area (Å²) >= 11 is 12.4. The van der Waals surface area contributed by atoms with Crippen LogP contribution in [0.1, 0.15) is 30.7 Å². The topological polar surface area (TPSA) is 104 Å². The lowest BCUT2D eigenvalue weighted by Crippen LogP contribution is -2.19. The largest absolute Gasteiger partial charge is 0.471 e. The van der Waals surface area contributed by atoms with Gasteiger partial charge < -0.3 is 9.47 Å². The fourth-order valence-corrected chi connectivity index (χ4v) is 4.37. The van der Waals surface area contributed by atoms with Gasteiger partial charge >= 0.3 is 0 Å². The van der Waals surface area contributed by atoms with Crippen molar-refractivity contribution in [1.29, 1.82) is 0 Å². The molecular weight excluding hydrogens is 439 g/mol. The number of halogens is 2. The van der Waals surface area contributed by atoms with Crippen LogP contribution < -0.4 is 10.5 Å². The van der Waals surface area contributed by atoms with Gasteiger partial charge in [0.25, 0.3) is 0 Å². The quantitative estimate of drug-likeness (QED) is 0.426. The molecule has 0 radical (unpaired) electrons. The predicted octanol–water partition coefficient (Wildman–Crippen LogP) is 4.52. The van der Waals surface area contributed by atoms with E-state index < -0.39 is 6.23 Å². The molecule has 8 nitrogen and oxygen atoms in total. The molecule has 1 saturated heterocycles. The minimum absolute atomic E-state index is 0.347. The first-order valence-corrected chi connectivity index (χ1v) is 10.7. The molecule has 4 aromatic rings. The molecule has 1 atom stereocenters. The van der Waals surface area contributed by atoms with Gasteiger partial charge in [0, 0.05) is 48.3 Å². The predicted molar refractivity (Wildman–Crippen MR) is 118 cm³/mol. The Balaban J connectivity index is 1.43. The summed E-state index contributed by atoms with van der Waals surface area (Å²) in [5, 5.41) is 13.7. The van der Waals surface area contributed by atoms with Crippen LogP contribution in [0.25, 0.3) is 22.2 Å². The van der Waals surface area contributed by atoms with Gasteiger partial charge in [0.2, 0.25) is 0 Å². The number of rotatable bonds is 5. The molecule has 0 saturated carbocycles. The van der Waals surface area contributed by atoms with Crippen LogP contribution in [0.15, 0.2) is 43.0 Å². The average Bonchev–Trinajstić information content (AvgIpc) is 3.41. The molecular formula is C21H20Cl2N6O2. The summed E-state index contributed by atoms with van der Waals surface area (Å²) in [5.41, 5.74) is 9.32. The Kier molecular flexibility index (Phi) is 5.54. The second-order valence-electron chi connectivity index (χ2n) is 7.39. The van der Waals surface area contributed by atoms with Crippen molar-refractivity contribution in [1.82, 2.24) is 25.0 Å². The molecule has 3 N–H and O–H groups in total. The highest BCUT2D eigenvalue weighted by molar-refractivity contribution is 6.35. The molecule has 1 aromatic carbocycles. The second-order valence-corrected chi connectivity index (χ2v) is 8.20. The Morgan fingerprint density at radius 3 is 2.71 bits per heavy atom. The molecule has 0 unspecified atom stereocenters. The van der Waals surface area contributed by atoms with Crippen molar-refractivity contribution in [3.8, 4) is 17.0 Å². The second kappa shape index (κ2) is 8.47. The fraction of sp³-hybridized carbons (Fsp3) is 0.286. The Bertz CT molecular complexity index is 1200. The summed E-state index contributed by atoms with van der Waals surface area (Å²) in [7, 11) is 0. The minimum atomic E-state index is -0.841. The molecule has 1 fully saturated rings. The van der Waals surface area contributed by atoms with E-state index >= 15 is 0 Å². The molecule has 160 valence electrons. The van der Waals surface area contributed by atoms with Crippen LogP contribution in [0.2, 0.25) is 10.0 Å². The van der Waals surface area contributed by atoms with Crippen LogP contribution in [0.3, 0.4) is 0 Å². The molecule has 1 aliphatic heterocycles. The van der Waals surface area contributed by atoms with Crippen LogP contribution in [0, 0.1) is 0 Å². The molecule has 10 heteroatoms. The highest BCUT2D eigenvalue weighted by Gasteiger charge is 2.20. The first-order valence-electron chi connectivity index (χ1n) is 9.91. The number of fused-ring (bicyclic) bond motifs is 1. The Hall–Kier alpha value is -2.65. The van der Waals surface area contributed by atoms with E-state index in [1.807, 2.05) is 35.3 Å². The van der Waals surface area contributed by atoms with Crippen molar-refractivity contribution in [2.75, 3.05) is 13.2 Å². The van der Waals surface area contributed by atoms with Gasteiger partial charge in [-0.1, -0.05) is 23.2 Å². The van der Waals surface area contributed by atoms with Crippen molar-refractivity contribution < 1.29 is 9.47 Å². The Morgan fingerprint density at radius 2 is 1.94 bits per heavy atom. The van der Waals surface area contributed by atoms with E-state index in [1.165, 1.54) is 12.4 Å². The summed E-state index contributed by atoms with van der Waals surface area (Å²) in [6.07, 6.45) is 7.91. The van der Waals surface area contributed by atoms with Gasteiger partial charge in [0.05, 0.1) is 27.8 Å². The Morgan fingerprint density at radius 1 is 1.16 bits per heavy atom. The van der Waals surface area contributed by atoms with Crippen molar-refractivity contribution in [3.63, 3.8) is 0 Å². The SMILES string of the molecule is N[C@@H](Oc1ccc2[nH]nc(-c3cnn(C4CCOCC4)c3)c2c1)c1c(Cl)cncc1Cl. The molecule has 0 aliphatic carbocycles. The lowest BCUT2D eigenvalue weighted by atomic mass is 10.1. The van der Waals surface area contributed by atoms with Gasteiger partial charge in [-0.05, 0) is 31.0 Å². The lowest BCUT2D eigenvalue weighted by Gasteiger charge is -2.22. The van der Waals surface area contributed by atoms with Crippen LogP contribution in [0.5, 0.6) is 5.75 Å².